The number of pyridine rings is 1. The monoisotopic (exact) mass is 215 g/mol. The summed E-state index contributed by atoms with van der Waals surface area (Å²) in [5.41, 5.74) is 2.43. The number of fused-ring (bicyclic) bond motifs is 1. The molecule has 1 unspecified atom stereocenters. The van der Waals surface area contributed by atoms with Gasteiger partial charge in [-0.1, -0.05) is 0 Å². The Morgan fingerprint density at radius 3 is 3.31 bits per heavy atom. The number of aromatic nitrogens is 2. The molecule has 16 heavy (non-hydrogen) atoms. The maximum Gasteiger partial charge on any atom is 0.137 e. The molecule has 1 atom stereocenters. The average molecular weight is 215 g/mol. The summed E-state index contributed by atoms with van der Waals surface area (Å²) >= 11 is 0. The van der Waals surface area contributed by atoms with Crippen molar-refractivity contribution in [2.45, 2.75) is 19.3 Å². The van der Waals surface area contributed by atoms with Gasteiger partial charge in [0.1, 0.15) is 5.65 Å². The summed E-state index contributed by atoms with van der Waals surface area (Å²) in [5, 5.41) is 4.75. The van der Waals surface area contributed by atoms with Crippen LogP contribution in [0.25, 0.3) is 11.0 Å². The van der Waals surface area contributed by atoms with Crippen molar-refractivity contribution in [1.82, 2.24) is 15.3 Å². The Bertz CT molecular complexity index is 469. The lowest BCUT2D eigenvalue weighted by Crippen LogP contribution is -2.30. The third kappa shape index (κ3) is 1.83. The van der Waals surface area contributed by atoms with Crippen LogP contribution < -0.4 is 5.32 Å². The number of nitrogens with zero attached hydrogens (tertiary/aromatic N) is 1. The van der Waals surface area contributed by atoms with Crippen molar-refractivity contribution in [1.29, 1.82) is 0 Å². The lowest BCUT2D eigenvalue weighted by atomic mass is 9.92. The molecule has 2 aromatic rings. The van der Waals surface area contributed by atoms with E-state index in [1.165, 1.54) is 36.8 Å². The van der Waals surface area contributed by atoms with E-state index in [0.717, 1.165) is 18.1 Å². The van der Waals surface area contributed by atoms with Gasteiger partial charge >= 0.3 is 0 Å². The number of nitrogens with one attached hydrogen (secondary N) is 2. The fraction of sp³-hybridized carbons (Fsp3) is 0.462. The molecule has 3 nitrogen and oxygen atoms in total. The zero-order valence-electron chi connectivity index (χ0n) is 9.37. The summed E-state index contributed by atoms with van der Waals surface area (Å²) in [4.78, 5) is 7.57. The largest absolute Gasteiger partial charge is 0.346 e. The van der Waals surface area contributed by atoms with Gasteiger partial charge in [0.05, 0.1) is 0 Å². The van der Waals surface area contributed by atoms with Gasteiger partial charge in [-0.05, 0) is 56.0 Å². The predicted octanol–water partition coefficient (Wildman–Crippen LogP) is 2.10. The molecular weight excluding hydrogens is 198 g/mol. The Morgan fingerprint density at radius 1 is 1.44 bits per heavy atom. The maximum atomic E-state index is 4.32. The summed E-state index contributed by atoms with van der Waals surface area (Å²) in [6.45, 7) is 2.35. The van der Waals surface area contributed by atoms with Crippen LogP contribution in [0.5, 0.6) is 0 Å². The number of hydrogen-bond acceptors (Lipinski definition) is 2. The van der Waals surface area contributed by atoms with Crippen molar-refractivity contribution >= 4 is 11.0 Å². The first-order chi connectivity index (χ1) is 7.93. The number of rotatable bonds is 2. The molecule has 0 amide bonds. The van der Waals surface area contributed by atoms with Crippen LogP contribution in [0, 0.1) is 5.92 Å². The van der Waals surface area contributed by atoms with Gasteiger partial charge in [-0.3, -0.25) is 0 Å². The first-order valence-corrected chi connectivity index (χ1v) is 6.05. The van der Waals surface area contributed by atoms with Crippen LogP contribution in [0.4, 0.5) is 0 Å². The van der Waals surface area contributed by atoms with Crippen LogP contribution in [0.2, 0.25) is 0 Å². The number of H-pyrrole nitrogens is 1. The van der Waals surface area contributed by atoms with Crippen molar-refractivity contribution in [3.05, 3.63) is 30.1 Å². The van der Waals surface area contributed by atoms with Gasteiger partial charge in [-0.15, -0.1) is 0 Å². The van der Waals surface area contributed by atoms with Gasteiger partial charge < -0.3 is 10.3 Å². The van der Waals surface area contributed by atoms with Crippen molar-refractivity contribution in [2.75, 3.05) is 13.1 Å². The molecule has 2 aromatic heterocycles. The minimum atomic E-state index is 0.785. The van der Waals surface area contributed by atoms with E-state index in [2.05, 4.69) is 27.5 Å². The molecule has 0 radical (unpaired) electrons. The highest BCUT2D eigenvalue weighted by atomic mass is 14.9. The molecule has 0 aliphatic carbocycles. The topological polar surface area (TPSA) is 40.7 Å². The second kappa shape index (κ2) is 4.26. The molecular formula is C13H17N3. The van der Waals surface area contributed by atoms with Crippen LogP contribution in [0.3, 0.4) is 0 Å². The van der Waals surface area contributed by atoms with Crippen molar-refractivity contribution < 1.29 is 0 Å². The molecule has 1 aliphatic heterocycles. The second-order valence-corrected chi connectivity index (χ2v) is 4.63. The molecule has 0 spiro atoms. The molecule has 1 saturated heterocycles. The zero-order valence-corrected chi connectivity index (χ0v) is 9.37. The highest BCUT2D eigenvalue weighted by Crippen LogP contribution is 2.22. The van der Waals surface area contributed by atoms with Crippen LogP contribution >= 0.6 is 0 Å². The van der Waals surface area contributed by atoms with Gasteiger partial charge in [0.15, 0.2) is 0 Å². The molecule has 2 N–H and O–H groups in total. The van der Waals surface area contributed by atoms with Gasteiger partial charge in [0.25, 0.3) is 0 Å². The minimum absolute atomic E-state index is 0.785. The highest BCUT2D eigenvalue weighted by Gasteiger charge is 2.15. The SMILES string of the molecule is c1cnc2[nH]cc(CC3CCCNC3)c2c1. The second-order valence-electron chi connectivity index (χ2n) is 4.63. The zero-order chi connectivity index (χ0) is 10.8. The van der Waals surface area contributed by atoms with Crippen LogP contribution in [0.1, 0.15) is 18.4 Å². The molecule has 3 heteroatoms. The van der Waals surface area contributed by atoms with Crippen molar-refractivity contribution in [3.63, 3.8) is 0 Å². The third-order valence-corrected chi connectivity index (χ3v) is 3.44. The Hall–Kier alpha value is -1.35. The predicted molar refractivity (Wildman–Crippen MR) is 65.4 cm³/mol. The first-order valence-electron chi connectivity index (χ1n) is 6.05. The van der Waals surface area contributed by atoms with Crippen LogP contribution in [-0.2, 0) is 6.42 Å². The molecule has 1 aliphatic rings. The maximum absolute atomic E-state index is 4.32. The van der Waals surface area contributed by atoms with E-state index >= 15 is 0 Å². The van der Waals surface area contributed by atoms with E-state index in [1.807, 2.05) is 12.3 Å². The number of aromatic amines is 1. The number of piperidine rings is 1. The van der Waals surface area contributed by atoms with E-state index in [-0.39, 0.29) is 0 Å². The Balaban J connectivity index is 1.83. The average Bonchev–Trinajstić information content (AvgIpc) is 2.74. The molecule has 84 valence electrons. The van der Waals surface area contributed by atoms with Gasteiger partial charge in [-0.25, -0.2) is 4.98 Å². The Kier molecular flexibility index (Phi) is 2.62. The summed E-state index contributed by atoms with van der Waals surface area (Å²) in [6.07, 6.45) is 7.78. The molecule has 0 bridgehead atoms. The van der Waals surface area contributed by atoms with E-state index < -0.39 is 0 Å². The van der Waals surface area contributed by atoms with Gasteiger partial charge in [0, 0.05) is 17.8 Å². The van der Waals surface area contributed by atoms with E-state index in [4.69, 9.17) is 0 Å². The summed E-state index contributed by atoms with van der Waals surface area (Å²) in [5.74, 6) is 0.785. The molecule has 3 rings (SSSR count). The van der Waals surface area contributed by atoms with E-state index in [1.54, 1.807) is 0 Å². The van der Waals surface area contributed by atoms with Crippen molar-refractivity contribution in [2.24, 2.45) is 5.92 Å². The summed E-state index contributed by atoms with van der Waals surface area (Å²) in [6, 6.07) is 4.17. The Morgan fingerprint density at radius 2 is 2.44 bits per heavy atom. The minimum Gasteiger partial charge on any atom is -0.346 e. The van der Waals surface area contributed by atoms with Crippen molar-refractivity contribution in [3.8, 4) is 0 Å². The lowest BCUT2D eigenvalue weighted by Gasteiger charge is -2.22. The summed E-state index contributed by atoms with van der Waals surface area (Å²) in [7, 11) is 0. The van der Waals surface area contributed by atoms with Gasteiger partial charge in [0.2, 0.25) is 0 Å². The standard InChI is InChI=1S/C13H17N3/c1-3-10(8-14-5-1)7-11-9-16-13-12(11)4-2-6-15-13/h2,4,6,9-10,14H,1,3,5,7-8H2,(H,15,16). The fourth-order valence-corrected chi connectivity index (χ4v) is 2.59. The van der Waals surface area contributed by atoms with Crippen LogP contribution in [0.15, 0.2) is 24.5 Å². The molecule has 1 fully saturated rings. The van der Waals surface area contributed by atoms with Crippen LogP contribution in [-0.4, -0.2) is 23.1 Å². The normalized spacial score (nSPS) is 21.4. The molecule has 0 saturated carbocycles. The fourth-order valence-electron chi connectivity index (χ4n) is 2.59. The molecule has 0 aromatic carbocycles. The third-order valence-electron chi connectivity index (χ3n) is 3.44. The highest BCUT2D eigenvalue weighted by molar-refractivity contribution is 5.79. The Labute approximate surface area is 95.3 Å². The lowest BCUT2D eigenvalue weighted by molar-refractivity contribution is 0.377. The number of hydrogen-bond donors (Lipinski definition) is 2. The van der Waals surface area contributed by atoms with E-state index in [9.17, 15) is 0 Å². The quantitative estimate of drug-likeness (QED) is 0.805. The molecule has 3 heterocycles. The first kappa shape index (κ1) is 9.85. The smallest absolute Gasteiger partial charge is 0.137 e. The van der Waals surface area contributed by atoms with Gasteiger partial charge in [-0.2, -0.15) is 0 Å². The van der Waals surface area contributed by atoms with E-state index in [0.29, 0.717) is 0 Å². The summed E-state index contributed by atoms with van der Waals surface area (Å²) < 4.78 is 0.